The molecular weight excluding hydrogens is 254 g/mol. The van der Waals surface area contributed by atoms with Gasteiger partial charge in [-0.05, 0) is 30.5 Å². The van der Waals surface area contributed by atoms with Crippen LogP contribution in [0.2, 0.25) is 4.34 Å². The highest BCUT2D eigenvalue weighted by molar-refractivity contribution is 7.16. The van der Waals surface area contributed by atoms with Crippen molar-refractivity contribution in [3.8, 4) is 0 Å². The lowest BCUT2D eigenvalue weighted by molar-refractivity contribution is 0.522. The van der Waals surface area contributed by atoms with Gasteiger partial charge in [-0.2, -0.15) is 5.10 Å². The number of aromatic nitrogens is 2. The molecule has 2 aromatic heterocycles. The van der Waals surface area contributed by atoms with Gasteiger partial charge in [0.2, 0.25) is 0 Å². The second kappa shape index (κ2) is 4.44. The Balaban J connectivity index is 1.67. The van der Waals surface area contributed by atoms with Crippen molar-refractivity contribution in [2.24, 2.45) is 7.05 Å². The van der Waals surface area contributed by atoms with Crippen molar-refractivity contribution < 1.29 is 0 Å². The first-order valence-electron chi connectivity index (χ1n) is 5.72. The first kappa shape index (κ1) is 11.3. The summed E-state index contributed by atoms with van der Waals surface area (Å²) in [6.07, 6.45) is 4.29. The summed E-state index contributed by atoms with van der Waals surface area (Å²) in [4.78, 5) is 1.44. The lowest BCUT2D eigenvalue weighted by Gasteiger charge is -2.11. The van der Waals surface area contributed by atoms with Crippen molar-refractivity contribution in [3.05, 3.63) is 38.8 Å². The zero-order valence-electron chi connectivity index (χ0n) is 9.61. The minimum atomic E-state index is 0.441. The van der Waals surface area contributed by atoms with Gasteiger partial charge in [0, 0.05) is 30.7 Å². The van der Waals surface area contributed by atoms with Crippen molar-refractivity contribution in [1.82, 2.24) is 15.1 Å². The maximum Gasteiger partial charge on any atom is 0.0934 e. The van der Waals surface area contributed by atoms with Crippen LogP contribution in [0.5, 0.6) is 0 Å². The van der Waals surface area contributed by atoms with Crippen LogP contribution in [0.4, 0.5) is 0 Å². The van der Waals surface area contributed by atoms with E-state index < -0.39 is 0 Å². The van der Waals surface area contributed by atoms with E-state index in [0.29, 0.717) is 6.04 Å². The molecule has 0 spiro atoms. The molecule has 5 heteroatoms. The number of thiophene rings is 1. The molecule has 0 fully saturated rings. The number of aryl methyl sites for hydroxylation is 2. The van der Waals surface area contributed by atoms with Crippen molar-refractivity contribution >= 4 is 22.9 Å². The summed E-state index contributed by atoms with van der Waals surface area (Å²) in [5.41, 5.74) is 2.47. The van der Waals surface area contributed by atoms with E-state index in [1.165, 1.54) is 16.9 Å². The van der Waals surface area contributed by atoms with Gasteiger partial charge in [0.1, 0.15) is 0 Å². The molecule has 0 aliphatic heterocycles. The molecule has 0 saturated heterocycles. The Morgan fingerprint density at radius 2 is 2.53 bits per heavy atom. The number of rotatable bonds is 3. The highest BCUT2D eigenvalue weighted by atomic mass is 35.5. The van der Waals surface area contributed by atoms with Crippen LogP contribution in [0, 0.1) is 0 Å². The quantitative estimate of drug-likeness (QED) is 0.927. The van der Waals surface area contributed by atoms with E-state index in [0.717, 1.165) is 23.0 Å². The molecule has 3 rings (SSSR count). The van der Waals surface area contributed by atoms with Crippen molar-refractivity contribution in [3.63, 3.8) is 0 Å². The molecule has 1 aliphatic rings. The average Bonchev–Trinajstić information content (AvgIpc) is 2.92. The molecule has 0 bridgehead atoms. The van der Waals surface area contributed by atoms with E-state index in [2.05, 4.69) is 16.5 Å². The van der Waals surface area contributed by atoms with Crippen LogP contribution in [0.1, 0.15) is 28.6 Å². The highest BCUT2D eigenvalue weighted by Crippen LogP contribution is 2.39. The third kappa shape index (κ3) is 2.25. The van der Waals surface area contributed by atoms with Gasteiger partial charge >= 0.3 is 0 Å². The first-order valence-corrected chi connectivity index (χ1v) is 6.92. The zero-order chi connectivity index (χ0) is 11.8. The van der Waals surface area contributed by atoms with Gasteiger partial charge in [-0.15, -0.1) is 11.3 Å². The number of hydrogen-bond acceptors (Lipinski definition) is 3. The van der Waals surface area contributed by atoms with Crippen LogP contribution in [0.3, 0.4) is 0 Å². The highest BCUT2D eigenvalue weighted by Gasteiger charge is 2.24. The zero-order valence-corrected chi connectivity index (χ0v) is 11.2. The minimum absolute atomic E-state index is 0.441. The van der Waals surface area contributed by atoms with Crippen LogP contribution in [0.25, 0.3) is 0 Å². The summed E-state index contributed by atoms with van der Waals surface area (Å²) in [6, 6.07) is 4.59. The normalized spacial score (nSPS) is 18.6. The number of nitrogens with one attached hydrogen (secondary N) is 1. The van der Waals surface area contributed by atoms with Gasteiger partial charge in [-0.3, -0.25) is 4.68 Å². The fourth-order valence-electron chi connectivity index (χ4n) is 2.33. The molecule has 0 radical (unpaired) electrons. The average molecular weight is 268 g/mol. The number of fused-ring (bicyclic) bond motifs is 1. The molecule has 1 aliphatic carbocycles. The first-order chi connectivity index (χ1) is 8.22. The molecule has 1 N–H and O–H groups in total. The Hall–Kier alpha value is -0.840. The Labute approximate surface area is 109 Å². The second-order valence-electron chi connectivity index (χ2n) is 4.38. The number of halogens is 1. The third-order valence-corrected chi connectivity index (χ3v) is 4.49. The molecule has 0 aromatic carbocycles. The van der Waals surface area contributed by atoms with E-state index >= 15 is 0 Å². The lowest BCUT2D eigenvalue weighted by Crippen LogP contribution is -2.18. The van der Waals surface area contributed by atoms with Crippen LogP contribution in [-0.2, 0) is 20.0 Å². The van der Waals surface area contributed by atoms with Crippen molar-refractivity contribution in [2.75, 3.05) is 0 Å². The van der Waals surface area contributed by atoms with Crippen LogP contribution < -0.4 is 5.32 Å². The molecular formula is C12H14ClN3S. The minimum Gasteiger partial charge on any atom is -0.304 e. The van der Waals surface area contributed by atoms with E-state index in [1.807, 2.05) is 24.0 Å². The number of hydrogen-bond donors (Lipinski definition) is 1. The van der Waals surface area contributed by atoms with E-state index in [9.17, 15) is 0 Å². The topological polar surface area (TPSA) is 29.9 Å². The van der Waals surface area contributed by atoms with E-state index in [-0.39, 0.29) is 0 Å². The summed E-state index contributed by atoms with van der Waals surface area (Å²) < 4.78 is 2.73. The molecule has 1 atom stereocenters. The standard InChI is InChI=1S/C12H14ClN3S/c1-16-5-4-8(15-16)7-14-10-2-3-11-9(10)6-12(13)17-11/h4-6,10,14H,2-3,7H2,1H3. The molecule has 1 unspecified atom stereocenters. The van der Waals surface area contributed by atoms with E-state index in [4.69, 9.17) is 11.6 Å². The summed E-state index contributed by atoms with van der Waals surface area (Å²) in [6.45, 7) is 0.818. The van der Waals surface area contributed by atoms with Gasteiger partial charge in [0.05, 0.1) is 10.0 Å². The second-order valence-corrected chi connectivity index (χ2v) is 6.15. The maximum absolute atomic E-state index is 6.04. The lowest BCUT2D eigenvalue weighted by atomic mass is 10.2. The molecule has 0 saturated carbocycles. The van der Waals surface area contributed by atoms with Crippen LogP contribution in [0.15, 0.2) is 18.3 Å². The summed E-state index contributed by atoms with van der Waals surface area (Å²) in [7, 11) is 1.94. The van der Waals surface area contributed by atoms with Crippen molar-refractivity contribution in [1.29, 1.82) is 0 Å². The largest absolute Gasteiger partial charge is 0.304 e. The van der Waals surface area contributed by atoms with Gasteiger partial charge in [0.15, 0.2) is 0 Å². The Morgan fingerprint density at radius 3 is 3.29 bits per heavy atom. The molecule has 17 heavy (non-hydrogen) atoms. The molecule has 2 heterocycles. The molecule has 90 valence electrons. The SMILES string of the molecule is Cn1ccc(CNC2CCc3sc(Cl)cc32)n1. The predicted octanol–water partition coefficient (Wildman–Crippen LogP) is 2.91. The van der Waals surface area contributed by atoms with Crippen LogP contribution >= 0.6 is 22.9 Å². The van der Waals surface area contributed by atoms with Crippen LogP contribution in [-0.4, -0.2) is 9.78 Å². The summed E-state index contributed by atoms with van der Waals surface area (Å²) in [5.74, 6) is 0. The fourth-order valence-corrected chi connectivity index (χ4v) is 3.68. The summed E-state index contributed by atoms with van der Waals surface area (Å²) >= 11 is 7.75. The summed E-state index contributed by atoms with van der Waals surface area (Å²) in [5, 5.41) is 7.92. The van der Waals surface area contributed by atoms with Gasteiger partial charge in [-0.25, -0.2) is 0 Å². The monoisotopic (exact) mass is 267 g/mol. The molecule has 2 aromatic rings. The third-order valence-electron chi connectivity index (χ3n) is 3.15. The van der Waals surface area contributed by atoms with Gasteiger partial charge < -0.3 is 5.32 Å². The Kier molecular flexibility index (Phi) is 2.94. The molecule has 3 nitrogen and oxygen atoms in total. The Bertz CT molecular complexity index is 532. The fraction of sp³-hybridized carbons (Fsp3) is 0.417. The molecule has 0 amide bonds. The van der Waals surface area contributed by atoms with Crippen molar-refractivity contribution in [2.45, 2.75) is 25.4 Å². The number of nitrogens with zero attached hydrogens (tertiary/aromatic N) is 2. The maximum atomic E-state index is 6.04. The van der Waals surface area contributed by atoms with Gasteiger partial charge in [0.25, 0.3) is 0 Å². The van der Waals surface area contributed by atoms with E-state index in [1.54, 1.807) is 11.3 Å². The van der Waals surface area contributed by atoms with Gasteiger partial charge in [-0.1, -0.05) is 11.6 Å². The Morgan fingerprint density at radius 1 is 1.65 bits per heavy atom. The smallest absolute Gasteiger partial charge is 0.0934 e. The predicted molar refractivity (Wildman–Crippen MR) is 70.4 cm³/mol.